The van der Waals surface area contributed by atoms with Crippen LogP contribution in [-0.2, 0) is 5.41 Å². The fourth-order valence-corrected chi connectivity index (χ4v) is 8.98. The van der Waals surface area contributed by atoms with Gasteiger partial charge in [-0.1, -0.05) is 129 Å². The second-order valence-electron chi connectivity index (χ2n) is 14.1. The van der Waals surface area contributed by atoms with Crippen molar-refractivity contribution in [2.45, 2.75) is 19.3 Å². The lowest BCUT2D eigenvalue weighted by molar-refractivity contribution is 0.666. The van der Waals surface area contributed by atoms with Crippen LogP contribution in [0.5, 0.6) is 0 Å². The molecule has 0 spiro atoms. The quantitative estimate of drug-likeness (QED) is 0.178. The van der Waals surface area contributed by atoms with Gasteiger partial charge in [-0.2, -0.15) is 0 Å². The summed E-state index contributed by atoms with van der Waals surface area (Å²) in [6.07, 6.45) is 0. The first-order valence-electron chi connectivity index (χ1n) is 16.8. The van der Waals surface area contributed by atoms with Gasteiger partial charge in [0, 0.05) is 16.2 Å². The van der Waals surface area contributed by atoms with Crippen molar-refractivity contribution < 1.29 is 4.42 Å². The van der Waals surface area contributed by atoms with Crippen molar-refractivity contribution in [2.24, 2.45) is 0 Å². The second-order valence-corrected chi connectivity index (χ2v) is 14.1. The molecule has 224 valence electrons. The molecule has 0 aliphatic heterocycles. The van der Waals surface area contributed by atoms with Gasteiger partial charge in [0.15, 0.2) is 0 Å². The van der Waals surface area contributed by atoms with Crippen LogP contribution in [0.4, 0.5) is 0 Å². The number of fused-ring (bicyclic) bond motifs is 8. The van der Waals surface area contributed by atoms with Crippen LogP contribution in [0.1, 0.15) is 25.0 Å². The molecule has 0 atom stereocenters. The van der Waals surface area contributed by atoms with Crippen molar-refractivity contribution >= 4 is 65.0 Å². The highest BCUT2D eigenvalue weighted by Gasteiger charge is 2.38. The maximum absolute atomic E-state index is 6.22. The normalized spacial score (nSPS) is 13.8. The Bertz CT molecular complexity index is 2960. The van der Waals surface area contributed by atoms with Crippen molar-refractivity contribution in [3.63, 3.8) is 0 Å². The van der Waals surface area contributed by atoms with Crippen molar-refractivity contribution in [2.75, 3.05) is 0 Å². The van der Waals surface area contributed by atoms with Crippen LogP contribution in [-0.4, -0.2) is 0 Å². The molecule has 0 N–H and O–H groups in total. The van der Waals surface area contributed by atoms with E-state index >= 15 is 0 Å². The molecule has 0 saturated carbocycles. The molecule has 1 heteroatoms. The predicted molar refractivity (Wildman–Crippen MR) is 203 cm³/mol. The highest BCUT2D eigenvalue weighted by molar-refractivity contribution is 6.25. The second kappa shape index (κ2) is 9.12. The highest BCUT2D eigenvalue weighted by Crippen LogP contribution is 2.55. The molecule has 1 aromatic heterocycles. The Morgan fingerprint density at radius 3 is 1.98 bits per heavy atom. The molecule has 10 aromatic rings. The smallest absolute Gasteiger partial charge is 0.135 e. The molecule has 0 radical (unpaired) electrons. The molecular formula is C47H30O. The van der Waals surface area contributed by atoms with Gasteiger partial charge in [-0.25, -0.2) is 0 Å². The molecule has 48 heavy (non-hydrogen) atoms. The van der Waals surface area contributed by atoms with Crippen LogP contribution in [0.3, 0.4) is 0 Å². The van der Waals surface area contributed by atoms with Crippen LogP contribution in [0.25, 0.3) is 98.4 Å². The molecule has 1 aliphatic carbocycles. The van der Waals surface area contributed by atoms with Crippen molar-refractivity contribution in [1.82, 2.24) is 0 Å². The molecule has 1 nitrogen and oxygen atoms in total. The Labute approximate surface area is 278 Å². The Hall–Kier alpha value is -5.92. The average molecular weight is 611 g/mol. The van der Waals surface area contributed by atoms with E-state index < -0.39 is 0 Å². The molecule has 0 fully saturated rings. The fraction of sp³-hybridized carbons (Fsp3) is 0.0638. The van der Waals surface area contributed by atoms with E-state index in [1.807, 2.05) is 6.07 Å². The summed E-state index contributed by atoms with van der Waals surface area (Å²) in [4.78, 5) is 0. The number of rotatable bonds is 2. The molecular weight excluding hydrogens is 581 g/mol. The molecule has 0 bridgehead atoms. The van der Waals surface area contributed by atoms with Gasteiger partial charge in [0.1, 0.15) is 11.2 Å². The topological polar surface area (TPSA) is 13.1 Å². The number of furan rings is 1. The molecule has 9 aromatic carbocycles. The van der Waals surface area contributed by atoms with Gasteiger partial charge >= 0.3 is 0 Å². The predicted octanol–water partition coefficient (Wildman–Crippen LogP) is 13.3. The molecule has 0 saturated heterocycles. The number of para-hydroxylation sites is 1. The molecule has 1 heterocycles. The third-order valence-electron chi connectivity index (χ3n) is 11.2. The first-order valence-corrected chi connectivity index (χ1v) is 16.8. The summed E-state index contributed by atoms with van der Waals surface area (Å²) in [7, 11) is 0. The van der Waals surface area contributed by atoms with E-state index in [0.29, 0.717) is 0 Å². The van der Waals surface area contributed by atoms with Crippen LogP contribution in [0.2, 0.25) is 0 Å². The minimum absolute atomic E-state index is 0.159. The van der Waals surface area contributed by atoms with Crippen LogP contribution < -0.4 is 0 Å². The summed E-state index contributed by atoms with van der Waals surface area (Å²) >= 11 is 0. The largest absolute Gasteiger partial charge is 0.456 e. The van der Waals surface area contributed by atoms with E-state index in [1.54, 1.807) is 0 Å². The summed E-state index contributed by atoms with van der Waals surface area (Å²) in [5.74, 6) is 0. The number of benzene rings is 9. The summed E-state index contributed by atoms with van der Waals surface area (Å²) in [5, 5.41) is 12.8. The van der Waals surface area contributed by atoms with Crippen molar-refractivity contribution in [1.29, 1.82) is 0 Å². The van der Waals surface area contributed by atoms with Gasteiger partial charge in [-0.3, -0.25) is 0 Å². The Balaban J connectivity index is 1.20. The first-order chi connectivity index (χ1) is 23.5. The van der Waals surface area contributed by atoms with E-state index in [0.717, 1.165) is 21.9 Å². The number of hydrogen-bond donors (Lipinski definition) is 0. The van der Waals surface area contributed by atoms with Crippen LogP contribution >= 0.6 is 0 Å². The van der Waals surface area contributed by atoms with Crippen molar-refractivity contribution in [3.8, 4) is 33.4 Å². The Kier molecular flexibility index (Phi) is 4.97. The van der Waals surface area contributed by atoms with E-state index in [1.165, 1.54) is 87.6 Å². The minimum atomic E-state index is -0.159. The van der Waals surface area contributed by atoms with Gasteiger partial charge in [-0.15, -0.1) is 0 Å². The zero-order valence-electron chi connectivity index (χ0n) is 26.8. The van der Waals surface area contributed by atoms with E-state index in [2.05, 4.69) is 153 Å². The van der Waals surface area contributed by atoms with Gasteiger partial charge in [0.2, 0.25) is 0 Å². The standard InChI is InChI=1S/C47H30O/c1-47(2)40-12-5-3-11-36(40)45-37(31-20-23-42-39(26-31)34-10-4-6-13-41(34)48-42)24-32-17-16-30(25-38(32)46(45)47)33-21-18-29-15-14-27-8-7-9-28-19-22-35(33)44(29)43(27)28/h3-26H,1-2H3. The number of hydrogen-bond acceptors (Lipinski definition) is 1. The summed E-state index contributed by atoms with van der Waals surface area (Å²) in [5.41, 5.74) is 12.2. The van der Waals surface area contributed by atoms with Gasteiger partial charge < -0.3 is 4.42 Å². The lowest BCUT2D eigenvalue weighted by Crippen LogP contribution is -2.15. The first kappa shape index (κ1) is 26.2. The lowest BCUT2D eigenvalue weighted by atomic mass is 9.78. The zero-order valence-corrected chi connectivity index (χ0v) is 26.8. The average Bonchev–Trinajstić information content (AvgIpc) is 3.62. The monoisotopic (exact) mass is 610 g/mol. The lowest BCUT2D eigenvalue weighted by Gasteiger charge is -2.24. The summed E-state index contributed by atoms with van der Waals surface area (Å²) < 4.78 is 6.22. The third kappa shape index (κ3) is 3.35. The van der Waals surface area contributed by atoms with Crippen molar-refractivity contribution in [3.05, 3.63) is 157 Å². The minimum Gasteiger partial charge on any atom is -0.456 e. The van der Waals surface area contributed by atoms with Crippen LogP contribution in [0.15, 0.2) is 150 Å². The third-order valence-corrected chi connectivity index (χ3v) is 11.2. The van der Waals surface area contributed by atoms with Gasteiger partial charge in [-0.05, 0) is 118 Å². The van der Waals surface area contributed by atoms with Gasteiger partial charge in [0.05, 0.1) is 0 Å². The zero-order chi connectivity index (χ0) is 31.7. The molecule has 0 unspecified atom stereocenters. The summed E-state index contributed by atoms with van der Waals surface area (Å²) in [6.45, 7) is 4.80. The maximum Gasteiger partial charge on any atom is 0.135 e. The van der Waals surface area contributed by atoms with E-state index in [-0.39, 0.29) is 5.41 Å². The van der Waals surface area contributed by atoms with E-state index in [9.17, 15) is 0 Å². The Morgan fingerprint density at radius 1 is 0.417 bits per heavy atom. The molecule has 0 amide bonds. The molecule has 1 aliphatic rings. The molecule has 11 rings (SSSR count). The highest BCUT2D eigenvalue weighted by atomic mass is 16.3. The summed E-state index contributed by atoms with van der Waals surface area (Å²) in [6, 6.07) is 54.0. The Morgan fingerprint density at radius 2 is 1.08 bits per heavy atom. The van der Waals surface area contributed by atoms with Gasteiger partial charge in [0.25, 0.3) is 0 Å². The van der Waals surface area contributed by atoms with Crippen LogP contribution in [0, 0.1) is 0 Å². The maximum atomic E-state index is 6.22. The van der Waals surface area contributed by atoms with E-state index in [4.69, 9.17) is 4.42 Å². The SMILES string of the molecule is CC1(C)c2ccccc2-c2c(-c3ccc4oc5ccccc5c4c3)cc3ccc(-c4ccc5ccc6cccc7ccc4c5c67)cc3c21. The fourth-order valence-electron chi connectivity index (χ4n) is 8.98.